The summed E-state index contributed by atoms with van der Waals surface area (Å²) < 4.78 is 0. The number of nitrogens with zero attached hydrogens (tertiary/aromatic N) is 2. The highest BCUT2D eigenvalue weighted by Crippen LogP contribution is 2.35. The zero-order valence-electron chi connectivity index (χ0n) is 9.65. The third-order valence-corrected chi connectivity index (χ3v) is 3.47. The second kappa shape index (κ2) is 4.04. The molecule has 86 valence electrons. The fraction of sp³-hybridized carbons (Fsp3) is 0.800. The lowest BCUT2D eigenvalue weighted by molar-refractivity contribution is -0.129. The molecular weight excluding hydrogens is 212 g/mol. The zero-order chi connectivity index (χ0) is 11.8. The normalized spacial score (nSPS) is 27.1. The van der Waals surface area contributed by atoms with Crippen molar-refractivity contribution in [3.63, 3.8) is 0 Å². The van der Waals surface area contributed by atoms with Gasteiger partial charge in [0.2, 0.25) is 0 Å². The van der Waals surface area contributed by atoms with Crippen LogP contribution in [0, 0.1) is 0 Å². The highest BCUT2D eigenvalue weighted by molar-refractivity contribution is 7.82. The number of amides is 3. The van der Waals surface area contributed by atoms with E-state index in [1.807, 2.05) is 20.8 Å². The lowest BCUT2D eigenvalue weighted by Gasteiger charge is -2.32. The van der Waals surface area contributed by atoms with Crippen molar-refractivity contribution in [2.45, 2.75) is 45.0 Å². The summed E-state index contributed by atoms with van der Waals surface area (Å²) in [6.45, 7) is 7.86. The monoisotopic (exact) mass is 230 g/mol. The van der Waals surface area contributed by atoms with Gasteiger partial charge in [-0.25, -0.2) is 4.79 Å². The molecule has 0 aromatic carbocycles. The van der Waals surface area contributed by atoms with Crippen LogP contribution in [0.5, 0.6) is 0 Å². The van der Waals surface area contributed by atoms with Gasteiger partial charge in [-0.1, -0.05) is 6.92 Å². The SMILES string of the molecule is CCN1C(=O)N(C(C)C)C(S)(CC)C1=O. The molecule has 15 heavy (non-hydrogen) atoms. The molecular formula is C10H18N2O2S. The van der Waals surface area contributed by atoms with Crippen LogP contribution in [0.2, 0.25) is 0 Å². The fourth-order valence-electron chi connectivity index (χ4n) is 1.94. The maximum absolute atomic E-state index is 12.0. The number of hydrogen-bond acceptors (Lipinski definition) is 3. The van der Waals surface area contributed by atoms with Crippen molar-refractivity contribution in [1.82, 2.24) is 9.80 Å². The molecule has 1 saturated heterocycles. The Morgan fingerprint density at radius 2 is 1.87 bits per heavy atom. The summed E-state index contributed by atoms with van der Waals surface area (Å²) in [6, 6.07) is -0.246. The fourth-order valence-corrected chi connectivity index (χ4v) is 2.38. The van der Waals surface area contributed by atoms with Crippen LogP contribution in [0.1, 0.15) is 34.1 Å². The van der Waals surface area contributed by atoms with Gasteiger partial charge in [0.25, 0.3) is 5.91 Å². The van der Waals surface area contributed by atoms with E-state index in [0.717, 1.165) is 0 Å². The van der Waals surface area contributed by atoms with Crippen molar-refractivity contribution in [3.05, 3.63) is 0 Å². The second-order valence-corrected chi connectivity index (χ2v) is 4.71. The Morgan fingerprint density at radius 3 is 2.13 bits per heavy atom. The molecule has 1 aliphatic rings. The lowest BCUT2D eigenvalue weighted by Crippen LogP contribution is -2.47. The summed E-state index contributed by atoms with van der Waals surface area (Å²) in [4.78, 5) is 25.8. The number of thiol groups is 1. The first-order valence-electron chi connectivity index (χ1n) is 5.27. The van der Waals surface area contributed by atoms with Crippen LogP contribution in [0.25, 0.3) is 0 Å². The summed E-state index contributed by atoms with van der Waals surface area (Å²) in [6.07, 6.45) is 0.523. The number of urea groups is 1. The lowest BCUT2D eigenvalue weighted by atomic mass is 10.1. The number of likely N-dealkylation sites (N-methyl/N-ethyl adjacent to an activating group) is 1. The van der Waals surface area contributed by atoms with Crippen LogP contribution in [0.3, 0.4) is 0 Å². The molecule has 4 nitrogen and oxygen atoms in total. The summed E-state index contributed by atoms with van der Waals surface area (Å²) in [5.74, 6) is -0.200. The van der Waals surface area contributed by atoms with Gasteiger partial charge < -0.3 is 0 Å². The second-order valence-electron chi connectivity index (χ2n) is 3.97. The minimum absolute atomic E-state index is 0.0181. The standard InChI is InChI=1S/C10H18N2O2S/c1-5-10(15)8(13)11(6-2)9(14)12(10)7(3)4/h7,15H,5-6H2,1-4H3. The van der Waals surface area contributed by atoms with E-state index in [9.17, 15) is 9.59 Å². The summed E-state index contributed by atoms with van der Waals surface area (Å²) in [5.41, 5.74) is 0. The maximum atomic E-state index is 12.0. The summed E-state index contributed by atoms with van der Waals surface area (Å²) in [7, 11) is 0. The van der Waals surface area contributed by atoms with E-state index in [1.165, 1.54) is 4.90 Å². The molecule has 0 radical (unpaired) electrons. The Kier molecular flexibility index (Phi) is 3.33. The van der Waals surface area contributed by atoms with E-state index in [1.54, 1.807) is 11.8 Å². The van der Waals surface area contributed by atoms with Gasteiger partial charge in [0.15, 0.2) is 4.87 Å². The topological polar surface area (TPSA) is 40.6 Å². The van der Waals surface area contributed by atoms with Crippen LogP contribution in [0.4, 0.5) is 4.79 Å². The predicted molar refractivity (Wildman–Crippen MR) is 61.8 cm³/mol. The quantitative estimate of drug-likeness (QED) is 0.592. The first kappa shape index (κ1) is 12.4. The Balaban J connectivity index is 3.15. The predicted octanol–water partition coefficient (Wildman–Crippen LogP) is 1.72. The first-order chi connectivity index (χ1) is 6.90. The number of hydrogen-bond donors (Lipinski definition) is 1. The molecule has 0 N–H and O–H groups in total. The Bertz CT molecular complexity index is 293. The van der Waals surface area contributed by atoms with Gasteiger partial charge in [-0.2, -0.15) is 0 Å². The van der Waals surface area contributed by atoms with Crippen molar-refractivity contribution < 1.29 is 9.59 Å². The average Bonchev–Trinajstić information content (AvgIpc) is 2.36. The Morgan fingerprint density at radius 1 is 1.33 bits per heavy atom. The van der Waals surface area contributed by atoms with Gasteiger partial charge in [0.1, 0.15) is 0 Å². The highest BCUT2D eigenvalue weighted by atomic mass is 32.1. The van der Waals surface area contributed by atoms with E-state index in [-0.39, 0.29) is 18.0 Å². The summed E-state index contributed by atoms with van der Waals surface area (Å²) >= 11 is 4.40. The van der Waals surface area contributed by atoms with Crippen LogP contribution < -0.4 is 0 Å². The minimum Gasteiger partial charge on any atom is -0.298 e. The largest absolute Gasteiger partial charge is 0.328 e. The minimum atomic E-state index is -0.957. The van der Waals surface area contributed by atoms with Crippen LogP contribution in [0.15, 0.2) is 0 Å². The smallest absolute Gasteiger partial charge is 0.298 e. The molecule has 5 heteroatoms. The molecule has 1 fully saturated rings. The number of imide groups is 1. The number of rotatable bonds is 3. The van der Waals surface area contributed by atoms with E-state index in [0.29, 0.717) is 13.0 Å². The van der Waals surface area contributed by atoms with E-state index < -0.39 is 4.87 Å². The van der Waals surface area contributed by atoms with Crippen molar-refractivity contribution >= 4 is 24.6 Å². The van der Waals surface area contributed by atoms with Crippen LogP contribution in [-0.2, 0) is 4.79 Å². The molecule has 1 aliphatic heterocycles. The number of carbonyl (C=O) groups excluding carboxylic acids is 2. The van der Waals surface area contributed by atoms with Gasteiger partial charge in [0, 0.05) is 12.6 Å². The molecule has 1 rings (SSSR count). The van der Waals surface area contributed by atoms with Gasteiger partial charge in [-0.15, -0.1) is 12.6 Å². The molecule has 0 bridgehead atoms. The van der Waals surface area contributed by atoms with E-state index in [2.05, 4.69) is 12.6 Å². The Labute approximate surface area is 96.0 Å². The van der Waals surface area contributed by atoms with Gasteiger partial charge in [-0.3, -0.25) is 14.6 Å². The van der Waals surface area contributed by atoms with Crippen LogP contribution in [-0.4, -0.2) is 39.2 Å². The summed E-state index contributed by atoms with van der Waals surface area (Å²) in [5, 5.41) is 0. The Hall–Kier alpha value is -0.710. The molecule has 1 atom stereocenters. The molecule has 3 amide bonds. The van der Waals surface area contributed by atoms with Crippen molar-refractivity contribution in [3.8, 4) is 0 Å². The van der Waals surface area contributed by atoms with Gasteiger partial charge >= 0.3 is 6.03 Å². The molecule has 1 heterocycles. The first-order valence-corrected chi connectivity index (χ1v) is 5.72. The van der Waals surface area contributed by atoms with Crippen molar-refractivity contribution in [1.29, 1.82) is 0 Å². The molecule has 0 spiro atoms. The van der Waals surface area contributed by atoms with Gasteiger partial charge in [0.05, 0.1) is 0 Å². The molecule has 0 aromatic heterocycles. The zero-order valence-corrected chi connectivity index (χ0v) is 10.5. The van der Waals surface area contributed by atoms with Crippen molar-refractivity contribution in [2.75, 3.05) is 6.54 Å². The van der Waals surface area contributed by atoms with E-state index >= 15 is 0 Å². The molecule has 0 aromatic rings. The van der Waals surface area contributed by atoms with Gasteiger partial charge in [-0.05, 0) is 27.2 Å². The highest BCUT2D eigenvalue weighted by Gasteiger charge is 2.54. The third kappa shape index (κ3) is 1.62. The maximum Gasteiger partial charge on any atom is 0.328 e. The van der Waals surface area contributed by atoms with Crippen molar-refractivity contribution in [2.24, 2.45) is 0 Å². The average molecular weight is 230 g/mol. The third-order valence-electron chi connectivity index (χ3n) is 2.75. The molecule has 0 saturated carbocycles. The van der Waals surface area contributed by atoms with E-state index in [4.69, 9.17) is 0 Å². The van der Waals surface area contributed by atoms with Crippen LogP contribution >= 0.6 is 12.6 Å². The molecule has 1 unspecified atom stereocenters. The number of carbonyl (C=O) groups is 2. The molecule has 0 aliphatic carbocycles.